The highest BCUT2D eigenvalue weighted by Gasteiger charge is 2.26. The van der Waals surface area contributed by atoms with E-state index >= 15 is 0 Å². The van der Waals surface area contributed by atoms with Crippen LogP contribution in [0.3, 0.4) is 0 Å². The van der Waals surface area contributed by atoms with Crippen LogP contribution >= 0.6 is 0 Å². The number of carbonyl (C=O) groups excluding carboxylic acids is 2. The Morgan fingerprint density at radius 3 is 1.95 bits per heavy atom. The van der Waals surface area contributed by atoms with E-state index in [0.29, 0.717) is 0 Å². The number of benzene rings is 1. The van der Waals surface area contributed by atoms with Crippen molar-refractivity contribution in [3.05, 3.63) is 47.2 Å². The van der Waals surface area contributed by atoms with Crippen LogP contribution in [0, 0.1) is 0 Å². The van der Waals surface area contributed by atoms with E-state index in [9.17, 15) is 14.7 Å². The molecule has 0 saturated carbocycles. The highest BCUT2D eigenvalue weighted by atomic mass is 16.6. The molecule has 0 aliphatic rings. The van der Waals surface area contributed by atoms with Gasteiger partial charge < -0.3 is 14.6 Å². The summed E-state index contributed by atoms with van der Waals surface area (Å²) < 4.78 is 9.55. The van der Waals surface area contributed by atoms with Crippen molar-refractivity contribution in [2.45, 2.75) is 20.3 Å². The second kappa shape index (κ2) is 7.99. The van der Waals surface area contributed by atoms with E-state index in [1.807, 2.05) is 6.07 Å². The van der Waals surface area contributed by atoms with Crippen LogP contribution in [-0.4, -0.2) is 30.3 Å². The molecule has 0 spiro atoms. The highest BCUT2D eigenvalue weighted by Crippen LogP contribution is 2.13. The van der Waals surface area contributed by atoms with Crippen molar-refractivity contribution in [1.82, 2.24) is 0 Å². The number of aliphatic hydroxyl groups excluding tert-OH is 1. The number of allylic oxidation sites excluding steroid dienone is 1. The minimum Gasteiger partial charge on any atom is -0.511 e. The van der Waals surface area contributed by atoms with Crippen LogP contribution in [-0.2, 0) is 25.5 Å². The Bertz CT molecular complexity index is 470. The summed E-state index contributed by atoms with van der Waals surface area (Å²) in [6.45, 7) is 3.46. The Labute approximate surface area is 117 Å². The minimum absolute atomic E-state index is 0.0633. The maximum absolute atomic E-state index is 11.8. The van der Waals surface area contributed by atoms with Crippen LogP contribution in [0.5, 0.6) is 0 Å². The second-order valence-corrected chi connectivity index (χ2v) is 3.93. The van der Waals surface area contributed by atoms with Crippen LogP contribution < -0.4 is 0 Å². The third-order valence-electron chi connectivity index (χ3n) is 2.46. The molecule has 0 radical (unpaired) electrons. The molecule has 5 nitrogen and oxygen atoms in total. The van der Waals surface area contributed by atoms with Gasteiger partial charge in [-0.05, 0) is 19.4 Å². The summed E-state index contributed by atoms with van der Waals surface area (Å²) in [5.74, 6) is -2.10. The zero-order valence-electron chi connectivity index (χ0n) is 11.6. The summed E-state index contributed by atoms with van der Waals surface area (Å²) >= 11 is 0. The summed E-state index contributed by atoms with van der Waals surface area (Å²) in [5.41, 5.74) is 0.327. The van der Waals surface area contributed by atoms with Gasteiger partial charge in [0.05, 0.1) is 13.2 Å². The fourth-order valence-electron chi connectivity index (χ4n) is 1.60. The Kier molecular flexibility index (Phi) is 6.29. The van der Waals surface area contributed by atoms with E-state index in [1.165, 1.54) is 0 Å². The molecule has 1 N–H and O–H groups in total. The smallest absolute Gasteiger partial charge is 0.349 e. The lowest BCUT2D eigenvalue weighted by molar-refractivity contribution is -0.147. The first-order valence-electron chi connectivity index (χ1n) is 6.40. The maximum atomic E-state index is 11.8. The van der Waals surface area contributed by atoms with Crippen molar-refractivity contribution in [2.75, 3.05) is 13.2 Å². The molecule has 0 unspecified atom stereocenters. The second-order valence-electron chi connectivity index (χ2n) is 3.93. The highest BCUT2D eigenvalue weighted by molar-refractivity contribution is 6.14. The third-order valence-corrected chi connectivity index (χ3v) is 2.46. The summed E-state index contributed by atoms with van der Waals surface area (Å²) in [7, 11) is 0. The van der Waals surface area contributed by atoms with Crippen LogP contribution in [0.4, 0.5) is 0 Å². The van der Waals surface area contributed by atoms with E-state index < -0.39 is 17.5 Å². The van der Waals surface area contributed by atoms with Gasteiger partial charge in [0.1, 0.15) is 5.76 Å². The van der Waals surface area contributed by atoms with Gasteiger partial charge >= 0.3 is 11.9 Å². The van der Waals surface area contributed by atoms with E-state index in [-0.39, 0.29) is 25.4 Å². The average Bonchev–Trinajstić information content (AvgIpc) is 2.40. The lowest BCUT2D eigenvalue weighted by Gasteiger charge is -2.09. The van der Waals surface area contributed by atoms with Gasteiger partial charge in [0.2, 0.25) is 0 Å². The van der Waals surface area contributed by atoms with Crippen LogP contribution in [0.1, 0.15) is 19.4 Å². The molecule has 0 bridgehead atoms. The number of rotatable bonds is 6. The molecule has 5 heteroatoms. The van der Waals surface area contributed by atoms with Gasteiger partial charge in [-0.3, -0.25) is 0 Å². The SMILES string of the molecule is CCOC(=O)C(C(=O)OCC)=C(O)Cc1ccccc1. The number of carbonyl (C=O) groups is 2. The Balaban J connectivity index is 3.02. The summed E-state index contributed by atoms with van der Waals surface area (Å²) in [5, 5.41) is 10.0. The predicted molar refractivity (Wildman–Crippen MR) is 73.1 cm³/mol. The lowest BCUT2D eigenvalue weighted by Crippen LogP contribution is -2.21. The molecule has 0 heterocycles. The number of hydrogen-bond donors (Lipinski definition) is 1. The Hall–Kier alpha value is -2.30. The van der Waals surface area contributed by atoms with Gasteiger partial charge in [-0.25, -0.2) is 9.59 Å². The lowest BCUT2D eigenvalue weighted by atomic mass is 10.1. The molecule has 1 rings (SSSR count). The molecule has 0 aliphatic carbocycles. The molecule has 0 aromatic heterocycles. The van der Waals surface area contributed by atoms with E-state index in [4.69, 9.17) is 9.47 Å². The standard InChI is InChI=1S/C15H18O5/c1-3-19-14(17)13(15(18)20-4-2)12(16)10-11-8-6-5-7-9-11/h5-9,16H,3-4,10H2,1-2H3. The largest absolute Gasteiger partial charge is 0.511 e. The van der Waals surface area contributed by atoms with E-state index in [1.54, 1.807) is 38.1 Å². The topological polar surface area (TPSA) is 72.8 Å². The van der Waals surface area contributed by atoms with Crippen molar-refractivity contribution in [3.63, 3.8) is 0 Å². The monoisotopic (exact) mass is 278 g/mol. The van der Waals surface area contributed by atoms with Crippen molar-refractivity contribution in [1.29, 1.82) is 0 Å². The molecule has 20 heavy (non-hydrogen) atoms. The summed E-state index contributed by atoms with van der Waals surface area (Å²) in [6.07, 6.45) is 0.0633. The van der Waals surface area contributed by atoms with Crippen LogP contribution in [0.2, 0.25) is 0 Å². The maximum Gasteiger partial charge on any atom is 0.349 e. The Morgan fingerprint density at radius 2 is 1.50 bits per heavy atom. The molecule has 108 valence electrons. The Morgan fingerprint density at radius 1 is 1.00 bits per heavy atom. The van der Waals surface area contributed by atoms with Gasteiger partial charge in [0.15, 0.2) is 5.57 Å². The molecule has 1 aromatic rings. The van der Waals surface area contributed by atoms with Gasteiger partial charge in [0.25, 0.3) is 0 Å². The van der Waals surface area contributed by atoms with Crippen molar-refractivity contribution in [3.8, 4) is 0 Å². The third kappa shape index (κ3) is 4.42. The van der Waals surface area contributed by atoms with Crippen molar-refractivity contribution < 1.29 is 24.2 Å². The molecule has 0 saturated heterocycles. The molecular weight excluding hydrogens is 260 g/mol. The average molecular weight is 278 g/mol. The van der Waals surface area contributed by atoms with Crippen molar-refractivity contribution in [2.24, 2.45) is 0 Å². The number of ether oxygens (including phenoxy) is 2. The molecule has 0 atom stereocenters. The van der Waals surface area contributed by atoms with E-state index in [0.717, 1.165) is 5.56 Å². The van der Waals surface area contributed by atoms with Gasteiger partial charge in [-0.1, -0.05) is 30.3 Å². The van der Waals surface area contributed by atoms with Crippen molar-refractivity contribution >= 4 is 11.9 Å². The first-order valence-corrected chi connectivity index (χ1v) is 6.40. The molecule has 0 fully saturated rings. The van der Waals surface area contributed by atoms with Crippen LogP contribution in [0.25, 0.3) is 0 Å². The minimum atomic E-state index is -0.876. The molecule has 1 aromatic carbocycles. The van der Waals surface area contributed by atoms with Gasteiger partial charge in [-0.15, -0.1) is 0 Å². The molecule has 0 aliphatic heterocycles. The van der Waals surface area contributed by atoms with Gasteiger partial charge in [-0.2, -0.15) is 0 Å². The molecule has 0 amide bonds. The van der Waals surface area contributed by atoms with E-state index in [2.05, 4.69) is 0 Å². The first-order chi connectivity index (χ1) is 9.60. The quantitative estimate of drug-likeness (QED) is 0.284. The fourth-order valence-corrected chi connectivity index (χ4v) is 1.60. The number of aliphatic hydroxyl groups is 1. The number of esters is 2. The van der Waals surface area contributed by atoms with Crippen LogP contribution in [0.15, 0.2) is 41.7 Å². The summed E-state index contributed by atoms with van der Waals surface area (Å²) in [6, 6.07) is 9.00. The molecular formula is C15H18O5. The number of hydrogen-bond acceptors (Lipinski definition) is 5. The van der Waals surface area contributed by atoms with Gasteiger partial charge in [0, 0.05) is 6.42 Å². The zero-order chi connectivity index (χ0) is 15.0. The summed E-state index contributed by atoms with van der Waals surface area (Å²) in [4.78, 5) is 23.5. The zero-order valence-corrected chi connectivity index (χ0v) is 11.6. The normalized spacial score (nSPS) is 9.70. The first kappa shape index (κ1) is 15.8. The fraction of sp³-hybridized carbons (Fsp3) is 0.333. The predicted octanol–water partition coefficient (Wildman–Crippen LogP) is 2.17.